The van der Waals surface area contributed by atoms with Crippen LogP contribution in [0.3, 0.4) is 0 Å². The average molecular weight is 343 g/mol. The lowest BCUT2D eigenvalue weighted by molar-refractivity contribution is -0.152. The monoisotopic (exact) mass is 342 g/mol. The van der Waals surface area contributed by atoms with Crippen LogP contribution in [0, 0.1) is 17.8 Å². The van der Waals surface area contributed by atoms with Gasteiger partial charge in [0.15, 0.2) is 0 Å². The third-order valence-electron chi connectivity index (χ3n) is 4.78. The first-order valence-electron chi connectivity index (χ1n) is 7.08. The Balaban J connectivity index is 2.29. The highest BCUT2D eigenvalue weighted by Gasteiger charge is 2.45. The Labute approximate surface area is 128 Å². The van der Waals surface area contributed by atoms with Crippen molar-refractivity contribution >= 4 is 21.9 Å². The lowest BCUT2D eigenvalue weighted by Crippen LogP contribution is -2.40. The van der Waals surface area contributed by atoms with Crippen LogP contribution in [0.2, 0.25) is 0 Å². The second kappa shape index (κ2) is 5.17. The van der Waals surface area contributed by atoms with Crippen molar-refractivity contribution in [2.45, 2.75) is 52.9 Å². The quantitative estimate of drug-likeness (QED) is 0.910. The van der Waals surface area contributed by atoms with Crippen LogP contribution in [0.4, 0.5) is 0 Å². The summed E-state index contributed by atoms with van der Waals surface area (Å²) < 4.78 is 2.76. The lowest BCUT2D eigenvalue weighted by atomic mass is 9.63. The summed E-state index contributed by atoms with van der Waals surface area (Å²) in [7, 11) is 1.88. The van der Waals surface area contributed by atoms with E-state index in [0.717, 1.165) is 41.5 Å². The van der Waals surface area contributed by atoms with E-state index in [1.165, 1.54) is 0 Å². The van der Waals surface area contributed by atoms with E-state index in [9.17, 15) is 9.90 Å². The van der Waals surface area contributed by atoms with Crippen LogP contribution in [0.1, 0.15) is 50.9 Å². The number of aliphatic carboxylic acids is 1. The maximum Gasteiger partial charge on any atom is 0.310 e. The van der Waals surface area contributed by atoms with Gasteiger partial charge in [-0.05, 0) is 54.0 Å². The molecule has 0 atom stereocenters. The molecule has 1 fully saturated rings. The molecule has 1 aromatic rings. The normalized spacial score (nSPS) is 20.9. The maximum atomic E-state index is 11.9. The fourth-order valence-electron chi connectivity index (χ4n) is 3.06. The predicted octanol–water partition coefficient (Wildman–Crippen LogP) is 3.70. The van der Waals surface area contributed by atoms with Crippen molar-refractivity contribution in [3.05, 3.63) is 15.9 Å². The van der Waals surface area contributed by atoms with Gasteiger partial charge in [-0.15, -0.1) is 0 Å². The fraction of sp³-hybridized carbons (Fsp3) is 0.733. The van der Waals surface area contributed by atoms with Crippen LogP contribution in [0.5, 0.6) is 0 Å². The summed E-state index contributed by atoms with van der Waals surface area (Å²) in [5, 5.41) is 14.1. The highest BCUT2D eigenvalue weighted by atomic mass is 79.9. The highest BCUT2D eigenvalue weighted by Crippen LogP contribution is 2.47. The zero-order valence-electron chi connectivity index (χ0n) is 12.7. The van der Waals surface area contributed by atoms with E-state index >= 15 is 0 Å². The number of carbonyl (C=O) groups is 1. The Bertz CT molecular complexity index is 524. The van der Waals surface area contributed by atoms with E-state index in [-0.39, 0.29) is 5.41 Å². The van der Waals surface area contributed by atoms with Gasteiger partial charge in [0.25, 0.3) is 0 Å². The topological polar surface area (TPSA) is 55.1 Å². The molecule has 0 aliphatic heterocycles. The minimum Gasteiger partial charge on any atom is -0.481 e. The fourth-order valence-corrected chi connectivity index (χ4v) is 3.54. The Morgan fingerprint density at radius 1 is 1.35 bits per heavy atom. The molecule has 0 spiro atoms. The number of carboxylic acid groups (broad SMARTS) is 1. The smallest absolute Gasteiger partial charge is 0.310 e. The van der Waals surface area contributed by atoms with Gasteiger partial charge in [-0.1, -0.05) is 13.8 Å². The van der Waals surface area contributed by atoms with Crippen molar-refractivity contribution < 1.29 is 9.90 Å². The Morgan fingerprint density at radius 3 is 2.30 bits per heavy atom. The number of hydrogen-bond acceptors (Lipinski definition) is 2. The lowest BCUT2D eigenvalue weighted by Gasteiger charge is -2.40. The standard InChI is InChI=1S/C15H23BrN2O2/c1-10-12(16)11(18(4)17-10)9-15(13(19)20)7-5-14(2,3)6-8-15/h5-9H2,1-4H3,(H,19,20). The van der Waals surface area contributed by atoms with Gasteiger partial charge in [-0.25, -0.2) is 0 Å². The minimum atomic E-state index is -0.668. The maximum absolute atomic E-state index is 11.9. The molecule has 0 bridgehead atoms. The van der Waals surface area contributed by atoms with Gasteiger partial charge in [0.2, 0.25) is 0 Å². The third kappa shape index (κ3) is 2.78. The van der Waals surface area contributed by atoms with Gasteiger partial charge < -0.3 is 5.11 Å². The van der Waals surface area contributed by atoms with Crippen LogP contribution < -0.4 is 0 Å². The Kier molecular flexibility index (Phi) is 4.02. The molecule has 1 aromatic heterocycles. The van der Waals surface area contributed by atoms with Gasteiger partial charge in [-0.2, -0.15) is 5.10 Å². The zero-order chi connectivity index (χ0) is 15.1. The van der Waals surface area contributed by atoms with Crippen LogP contribution >= 0.6 is 15.9 Å². The van der Waals surface area contributed by atoms with Gasteiger partial charge in [-0.3, -0.25) is 9.48 Å². The molecule has 112 valence electrons. The number of nitrogens with zero attached hydrogens (tertiary/aromatic N) is 2. The van der Waals surface area contributed by atoms with Crippen LogP contribution in [-0.4, -0.2) is 20.9 Å². The molecule has 4 nitrogen and oxygen atoms in total. The molecule has 0 radical (unpaired) electrons. The van der Waals surface area contributed by atoms with Crippen molar-refractivity contribution in [2.75, 3.05) is 0 Å². The molecule has 0 amide bonds. The number of aromatic nitrogens is 2. The average Bonchev–Trinajstić information content (AvgIpc) is 2.58. The first-order valence-corrected chi connectivity index (χ1v) is 7.88. The molecule has 0 aromatic carbocycles. The van der Waals surface area contributed by atoms with E-state index in [2.05, 4.69) is 34.9 Å². The van der Waals surface area contributed by atoms with E-state index in [4.69, 9.17) is 0 Å². The molecule has 0 saturated heterocycles. The molecule has 1 aliphatic rings. The molecule has 1 N–H and O–H groups in total. The van der Waals surface area contributed by atoms with Gasteiger partial charge >= 0.3 is 5.97 Å². The minimum absolute atomic E-state index is 0.262. The molecule has 1 heterocycles. The van der Waals surface area contributed by atoms with E-state index < -0.39 is 11.4 Å². The second-order valence-corrected chi connectivity index (χ2v) is 7.69. The van der Waals surface area contributed by atoms with Gasteiger partial charge in [0.1, 0.15) is 0 Å². The van der Waals surface area contributed by atoms with E-state index in [1.807, 2.05) is 18.7 Å². The molecule has 0 unspecified atom stereocenters. The number of rotatable bonds is 3. The highest BCUT2D eigenvalue weighted by molar-refractivity contribution is 9.10. The zero-order valence-corrected chi connectivity index (χ0v) is 14.2. The summed E-state index contributed by atoms with van der Waals surface area (Å²) in [5.41, 5.74) is 1.53. The van der Waals surface area contributed by atoms with E-state index in [1.54, 1.807) is 0 Å². The van der Waals surface area contributed by atoms with Crippen molar-refractivity contribution in [3.8, 4) is 0 Å². The summed E-state index contributed by atoms with van der Waals surface area (Å²) >= 11 is 3.55. The number of carboxylic acids is 1. The summed E-state index contributed by atoms with van der Waals surface area (Å²) in [6.07, 6.45) is 3.97. The summed E-state index contributed by atoms with van der Waals surface area (Å²) in [6, 6.07) is 0. The summed E-state index contributed by atoms with van der Waals surface area (Å²) in [4.78, 5) is 11.9. The molecular weight excluding hydrogens is 320 g/mol. The van der Waals surface area contributed by atoms with Crippen LogP contribution in [0.25, 0.3) is 0 Å². The number of aryl methyl sites for hydroxylation is 2. The second-order valence-electron chi connectivity index (χ2n) is 6.90. The van der Waals surface area contributed by atoms with Crippen molar-refractivity contribution in [1.82, 2.24) is 9.78 Å². The third-order valence-corrected chi connectivity index (χ3v) is 5.81. The first kappa shape index (κ1) is 15.5. The largest absolute Gasteiger partial charge is 0.481 e. The van der Waals surface area contributed by atoms with Gasteiger partial charge in [0, 0.05) is 13.5 Å². The number of hydrogen-bond donors (Lipinski definition) is 1. The molecule has 2 rings (SSSR count). The summed E-state index contributed by atoms with van der Waals surface area (Å²) in [5.74, 6) is -0.668. The van der Waals surface area contributed by atoms with E-state index in [0.29, 0.717) is 6.42 Å². The number of halogens is 1. The summed E-state index contributed by atoms with van der Waals surface area (Å²) in [6.45, 7) is 6.39. The predicted molar refractivity (Wildman–Crippen MR) is 81.7 cm³/mol. The van der Waals surface area contributed by atoms with Crippen LogP contribution in [-0.2, 0) is 18.3 Å². The van der Waals surface area contributed by atoms with Crippen molar-refractivity contribution in [3.63, 3.8) is 0 Å². The molecular formula is C15H23BrN2O2. The Hall–Kier alpha value is -0.840. The molecule has 1 aliphatic carbocycles. The van der Waals surface area contributed by atoms with Gasteiger partial charge in [0.05, 0.1) is 21.3 Å². The molecule has 1 saturated carbocycles. The Morgan fingerprint density at radius 2 is 1.90 bits per heavy atom. The first-order chi connectivity index (χ1) is 9.17. The molecule has 20 heavy (non-hydrogen) atoms. The van der Waals surface area contributed by atoms with Crippen molar-refractivity contribution in [1.29, 1.82) is 0 Å². The molecule has 5 heteroatoms. The van der Waals surface area contributed by atoms with Crippen molar-refractivity contribution in [2.24, 2.45) is 17.9 Å². The SMILES string of the molecule is Cc1nn(C)c(CC2(C(=O)O)CCC(C)(C)CC2)c1Br. The van der Waals surface area contributed by atoms with Crippen LogP contribution in [0.15, 0.2) is 4.47 Å².